The molecule has 0 atom stereocenters. The summed E-state index contributed by atoms with van der Waals surface area (Å²) in [6, 6.07) is 22.9. The van der Waals surface area contributed by atoms with Crippen LogP contribution in [-0.4, -0.2) is 25.6 Å². The molecule has 0 spiro atoms. The standard InChI is InChI=1S/C30H26BrNO5S/c1-3-36-30(34)28-24(22-11-13-23(31)14-12-22)19-38-29(28)32-27(33)16-10-20-9-15-25(26(17-20)35-2)37-18-21-7-5-4-6-8-21/h4-17,19H,3,18H2,1-2H3,(H,32,33). The second kappa shape index (κ2) is 13.1. The number of carbonyl (C=O) groups excluding carboxylic acids is 2. The lowest BCUT2D eigenvalue weighted by atomic mass is 10.0. The van der Waals surface area contributed by atoms with Crippen molar-refractivity contribution in [2.24, 2.45) is 0 Å². The first-order valence-corrected chi connectivity index (χ1v) is 13.5. The summed E-state index contributed by atoms with van der Waals surface area (Å²) < 4.78 is 17.6. The lowest BCUT2D eigenvalue weighted by molar-refractivity contribution is -0.111. The zero-order valence-electron chi connectivity index (χ0n) is 20.9. The van der Waals surface area contributed by atoms with Crippen LogP contribution in [0.4, 0.5) is 5.00 Å². The van der Waals surface area contributed by atoms with E-state index in [0.29, 0.717) is 34.2 Å². The summed E-state index contributed by atoms with van der Waals surface area (Å²) in [5, 5.41) is 5.10. The van der Waals surface area contributed by atoms with Gasteiger partial charge in [0.2, 0.25) is 5.91 Å². The highest BCUT2D eigenvalue weighted by atomic mass is 79.9. The Morgan fingerprint density at radius 2 is 1.76 bits per heavy atom. The fraction of sp³-hybridized carbons (Fsp3) is 0.133. The molecule has 0 saturated carbocycles. The number of esters is 1. The third kappa shape index (κ3) is 6.90. The molecule has 8 heteroatoms. The van der Waals surface area contributed by atoms with Crippen LogP contribution in [0.2, 0.25) is 0 Å². The number of hydrogen-bond acceptors (Lipinski definition) is 6. The van der Waals surface area contributed by atoms with Gasteiger partial charge in [-0.25, -0.2) is 4.79 Å². The molecule has 0 fully saturated rings. The van der Waals surface area contributed by atoms with Crippen molar-refractivity contribution in [3.8, 4) is 22.6 Å². The fourth-order valence-electron chi connectivity index (χ4n) is 3.67. The van der Waals surface area contributed by atoms with Crippen molar-refractivity contribution >= 4 is 50.2 Å². The van der Waals surface area contributed by atoms with Crippen LogP contribution in [0, 0.1) is 0 Å². The monoisotopic (exact) mass is 591 g/mol. The fourth-order valence-corrected chi connectivity index (χ4v) is 4.89. The van der Waals surface area contributed by atoms with Gasteiger partial charge in [-0.3, -0.25) is 4.79 Å². The highest BCUT2D eigenvalue weighted by molar-refractivity contribution is 9.10. The zero-order valence-corrected chi connectivity index (χ0v) is 23.3. The van der Waals surface area contributed by atoms with Crippen molar-refractivity contribution in [2.75, 3.05) is 19.0 Å². The topological polar surface area (TPSA) is 73.9 Å². The lowest BCUT2D eigenvalue weighted by Crippen LogP contribution is -2.12. The van der Waals surface area contributed by atoms with E-state index in [4.69, 9.17) is 14.2 Å². The summed E-state index contributed by atoms with van der Waals surface area (Å²) in [6.45, 7) is 2.39. The number of hydrogen-bond donors (Lipinski definition) is 1. The van der Waals surface area contributed by atoms with Gasteiger partial charge in [0, 0.05) is 21.5 Å². The van der Waals surface area contributed by atoms with E-state index in [1.54, 1.807) is 26.2 Å². The Kier molecular flexibility index (Phi) is 9.35. The van der Waals surface area contributed by atoms with Crippen LogP contribution in [0.3, 0.4) is 0 Å². The van der Waals surface area contributed by atoms with Crippen LogP contribution in [0.5, 0.6) is 11.5 Å². The Morgan fingerprint density at radius 1 is 1.00 bits per heavy atom. The predicted molar refractivity (Wildman–Crippen MR) is 155 cm³/mol. The number of methoxy groups -OCH3 is 1. The molecule has 194 valence electrons. The molecule has 4 rings (SSSR count). The van der Waals surface area contributed by atoms with E-state index in [9.17, 15) is 9.59 Å². The summed E-state index contributed by atoms with van der Waals surface area (Å²) in [7, 11) is 1.57. The van der Waals surface area contributed by atoms with Crippen molar-refractivity contribution in [3.05, 3.63) is 105 Å². The van der Waals surface area contributed by atoms with Crippen molar-refractivity contribution in [1.82, 2.24) is 0 Å². The van der Waals surface area contributed by atoms with Crippen LogP contribution in [0.1, 0.15) is 28.4 Å². The van der Waals surface area contributed by atoms with Gasteiger partial charge in [0.1, 0.15) is 17.2 Å². The van der Waals surface area contributed by atoms with Gasteiger partial charge in [0.15, 0.2) is 11.5 Å². The Bertz CT molecular complexity index is 1430. The number of benzene rings is 3. The van der Waals surface area contributed by atoms with Gasteiger partial charge in [0.05, 0.1) is 13.7 Å². The van der Waals surface area contributed by atoms with Gasteiger partial charge in [-0.05, 0) is 54.0 Å². The second-order valence-corrected chi connectivity index (χ2v) is 9.88. The molecule has 1 amide bonds. The van der Waals surface area contributed by atoms with Gasteiger partial charge < -0.3 is 19.5 Å². The quantitative estimate of drug-likeness (QED) is 0.152. The first-order chi connectivity index (χ1) is 18.5. The van der Waals surface area contributed by atoms with Gasteiger partial charge >= 0.3 is 5.97 Å². The molecule has 1 N–H and O–H groups in total. The van der Waals surface area contributed by atoms with Crippen molar-refractivity contribution < 1.29 is 23.8 Å². The zero-order chi connectivity index (χ0) is 26.9. The molecule has 0 aliphatic heterocycles. The SMILES string of the molecule is CCOC(=O)c1c(-c2ccc(Br)cc2)csc1NC(=O)C=Cc1ccc(OCc2ccccc2)c(OC)c1. The minimum absolute atomic E-state index is 0.231. The molecule has 3 aromatic carbocycles. The van der Waals surface area contributed by atoms with E-state index < -0.39 is 5.97 Å². The summed E-state index contributed by atoms with van der Waals surface area (Å²) in [5.74, 6) is 0.312. The summed E-state index contributed by atoms with van der Waals surface area (Å²) in [4.78, 5) is 25.6. The molecular formula is C30H26BrNO5S. The van der Waals surface area contributed by atoms with E-state index in [2.05, 4.69) is 21.2 Å². The highest BCUT2D eigenvalue weighted by Gasteiger charge is 2.22. The molecule has 0 aliphatic rings. The number of anilines is 1. The molecule has 0 unspecified atom stereocenters. The summed E-state index contributed by atoms with van der Waals surface area (Å²) in [5.41, 5.74) is 3.70. The normalized spacial score (nSPS) is 10.8. The van der Waals surface area contributed by atoms with Crippen LogP contribution in [-0.2, 0) is 16.1 Å². The van der Waals surface area contributed by atoms with Crippen molar-refractivity contribution in [3.63, 3.8) is 0 Å². The van der Waals surface area contributed by atoms with E-state index in [0.717, 1.165) is 21.2 Å². The van der Waals surface area contributed by atoms with E-state index >= 15 is 0 Å². The van der Waals surface area contributed by atoms with Crippen LogP contribution < -0.4 is 14.8 Å². The number of carbonyl (C=O) groups is 2. The Morgan fingerprint density at radius 3 is 2.47 bits per heavy atom. The largest absolute Gasteiger partial charge is 0.493 e. The molecule has 1 aromatic heterocycles. The maximum atomic E-state index is 12.8. The van der Waals surface area contributed by atoms with E-state index in [1.807, 2.05) is 72.1 Å². The molecular weight excluding hydrogens is 566 g/mol. The van der Waals surface area contributed by atoms with Gasteiger partial charge in [0.25, 0.3) is 0 Å². The van der Waals surface area contributed by atoms with Crippen molar-refractivity contribution in [2.45, 2.75) is 13.5 Å². The Hall–Kier alpha value is -3.88. The van der Waals surface area contributed by atoms with Crippen LogP contribution >= 0.6 is 27.3 Å². The maximum Gasteiger partial charge on any atom is 0.341 e. The third-order valence-electron chi connectivity index (χ3n) is 5.51. The molecule has 6 nitrogen and oxygen atoms in total. The minimum atomic E-state index is -0.484. The summed E-state index contributed by atoms with van der Waals surface area (Å²) in [6.07, 6.45) is 3.08. The van der Waals surface area contributed by atoms with Gasteiger partial charge in [-0.15, -0.1) is 11.3 Å². The second-order valence-electron chi connectivity index (χ2n) is 8.09. The number of nitrogens with one attached hydrogen (secondary N) is 1. The average molecular weight is 593 g/mol. The minimum Gasteiger partial charge on any atom is -0.493 e. The molecule has 4 aromatic rings. The molecule has 0 radical (unpaired) electrons. The van der Waals surface area contributed by atoms with Gasteiger partial charge in [-0.2, -0.15) is 0 Å². The number of thiophene rings is 1. The molecule has 1 heterocycles. The predicted octanol–water partition coefficient (Wildman–Crippen LogP) is 7.59. The maximum absolute atomic E-state index is 12.8. The van der Waals surface area contributed by atoms with E-state index in [1.165, 1.54) is 17.4 Å². The first-order valence-electron chi connectivity index (χ1n) is 11.9. The Labute approximate surface area is 234 Å². The molecule has 0 saturated heterocycles. The van der Waals surface area contributed by atoms with Crippen LogP contribution in [0.25, 0.3) is 17.2 Å². The first kappa shape index (κ1) is 27.2. The smallest absolute Gasteiger partial charge is 0.341 e. The van der Waals surface area contributed by atoms with Gasteiger partial charge in [-0.1, -0.05) is 64.5 Å². The molecule has 0 bridgehead atoms. The number of amides is 1. The Balaban J connectivity index is 1.48. The lowest BCUT2D eigenvalue weighted by Gasteiger charge is -2.11. The molecule has 38 heavy (non-hydrogen) atoms. The number of halogens is 1. The van der Waals surface area contributed by atoms with E-state index in [-0.39, 0.29) is 12.5 Å². The number of ether oxygens (including phenoxy) is 3. The van der Waals surface area contributed by atoms with Crippen molar-refractivity contribution in [1.29, 1.82) is 0 Å². The highest BCUT2D eigenvalue weighted by Crippen LogP contribution is 2.37. The number of rotatable bonds is 10. The average Bonchev–Trinajstić information content (AvgIpc) is 3.35. The van der Waals surface area contributed by atoms with Crippen LogP contribution in [0.15, 0.2) is 88.7 Å². The molecule has 0 aliphatic carbocycles. The third-order valence-corrected chi connectivity index (χ3v) is 6.94. The summed E-state index contributed by atoms with van der Waals surface area (Å²) >= 11 is 4.70.